The van der Waals surface area contributed by atoms with Gasteiger partial charge in [-0.05, 0) is 81.0 Å². The largest absolute Gasteiger partial charge is 0.482 e. The topological polar surface area (TPSA) is 38.3 Å². The second kappa shape index (κ2) is 6.35. The molecule has 6 rings (SSSR count). The Morgan fingerprint density at radius 2 is 1.79 bits per heavy atom. The normalized spacial score (nSPS) is 16.4. The van der Waals surface area contributed by atoms with E-state index in [0.717, 1.165) is 29.8 Å². The van der Waals surface area contributed by atoms with E-state index in [1.807, 2.05) is 6.07 Å². The second-order valence-electron chi connectivity index (χ2n) is 8.00. The summed E-state index contributed by atoms with van der Waals surface area (Å²) in [7, 11) is 0. The summed E-state index contributed by atoms with van der Waals surface area (Å²) in [4.78, 5) is 11.6. The van der Waals surface area contributed by atoms with E-state index in [1.165, 1.54) is 50.4 Å². The molecule has 0 unspecified atom stereocenters. The van der Waals surface area contributed by atoms with E-state index in [4.69, 9.17) is 4.74 Å². The number of hydrogen-bond donors (Lipinski definition) is 1. The molecule has 0 radical (unpaired) electrons. The van der Waals surface area contributed by atoms with Crippen molar-refractivity contribution < 1.29 is 9.53 Å². The van der Waals surface area contributed by atoms with Crippen LogP contribution < -0.4 is 20.5 Å². The molecule has 0 atom stereocenters. The van der Waals surface area contributed by atoms with E-state index >= 15 is 0 Å². The Morgan fingerprint density at radius 1 is 0.897 bits per heavy atom. The predicted octanol–water partition coefficient (Wildman–Crippen LogP) is 3.18. The summed E-state index contributed by atoms with van der Waals surface area (Å²) in [6, 6.07) is 19.4. The number of ether oxygens (including phenoxy) is 1. The molecule has 0 aromatic heterocycles. The zero-order valence-corrected chi connectivity index (χ0v) is 16.1. The molecule has 0 saturated heterocycles. The van der Waals surface area contributed by atoms with Crippen molar-refractivity contribution in [3.05, 3.63) is 92.2 Å². The van der Waals surface area contributed by atoms with Gasteiger partial charge in [0.2, 0.25) is 0 Å². The third kappa shape index (κ3) is 2.61. The van der Waals surface area contributed by atoms with Crippen molar-refractivity contribution in [1.82, 2.24) is 0 Å². The van der Waals surface area contributed by atoms with Gasteiger partial charge in [0.1, 0.15) is 5.75 Å². The number of amides is 1. The van der Waals surface area contributed by atoms with Crippen LogP contribution in [-0.4, -0.2) is 12.5 Å². The van der Waals surface area contributed by atoms with Gasteiger partial charge in [-0.3, -0.25) is 4.79 Å². The van der Waals surface area contributed by atoms with E-state index in [1.54, 1.807) is 0 Å². The van der Waals surface area contributed by atoms with Gasteiger partial charge in [0.15, 0.2) is 6.61 Å². The molecule has 0 spiro atoms. The Morgan fingerprint density at radius 3 is 2.72 bits per heavy atom. The Bertz CT molecular complexity index is 1400. The molecule has 3 aromatic rings. The summed E-state index contributed by atoms with van der Waals surface area (Å²) in [5.74, 6) is 0.652. The Labute approximate surface area is 168 Å². The van der Waals surface area contributed by atoms with Gasteiger partial charge < -0.3 is 10.1 Å². The summed E-state index contributed by atoms with van der Waals surface area (Å²) in [5.41, 5.74) is 6.23. The van der Waals surface area contributed by atoms with E-state index in [9.17, 15) is 4.79 Å². The fraction of sp³-hybridized carbons (Fsp3) is 0.192. The first-order chi connectivity index (χ1) is 14.3. The van der Waals surface area contributed by atoms with Crippen LogP contribution >= 0.6 is 0 Å². The van der Waals surface area contributed by atoms with Crippen LogP contribution in [0.15, 0.2) is 54.6 Å². The molecule has 1 heterocycles. The third-order valence-electron chi connectivity index (χ3n) is 6.32. The van der Waals surface area contributed by atoms with Crippen LogP contribution in [0.5, 0.6) is 5.75 Å². The summed E-state index contributed by atoms with van der Waals surface area (Å²) < 4.78 is 5.68. The number of hydrogen-bond acceptors (Lipinski definition) is 2. The number of anilines is 1. The minimum absolute atomic E-state index is 0.0779. The van der Waals surface area contributed by atoms with Crippen LogP contribution in [0.3, 0.4) is 0 Å². The number of nitrogens with one attached hydrogen (secondary N) is 1. The SMILES string of the molecule is O=C1COc2cc(C3=c4ccccc4=c4ccc5c(c4C3)CCCC=5)ccc2N1. The molecule has 1 amide bonds. The number of rotatable bonds is 1. The molecule has 1 N–H and O–H groups in total. The first-order valence-electron chi connectivity index (χ1n) is 10.3. The number of carbonyl (C=O) groups is 1. The number of benzene rings is 3. The Balaban J connectivity index is 1.64. The molecule has 29 heavy (non-hydrogen) atoms. The highest BCUT2D eigenvalue weighted by atomic mass is 16.5. The maximum atomic E-state index is 11.6. The second-order valence-corrected chi connectivity index (χ2v) is 8.00. The summed E-state index contributed by atoms with van der Waals surface area (Å²) in [6.07, 6.45) is 6.87. The number of carbonyl (C=O) groups excluding carboxylic acids is 1. The van der Waals surface area contributed by atoms with Crippen molar-refractivity contribution in [1.29, 1.82) is 0 Å². The fourth-order valence-electron chi connectivity index (χ4n) is 4.96. The van der Waals surface area contributed by atoms with E-state index < -0.39 is 0 Å². The minimum Gasteiger partial charge on any atom is -0.482 e. The van der Waals surface area contributed by atoms with Gasteiger partial charge in [0.05, 0.1) is 5.69 Å². The molecular weight excluding hydrogens is 358 g/mol. The van der Waals surface area contributed by atoms with Crippen molar-refractivity contribution in [2.45, 2.75) is 25.7 Å². The monoisotopic (exact) mass is 379 g/mol. The van der Waals surface area contributed by atoms with Gasteiger partial charge in [-0.1, -0.05) is 48.5 Å². The van der Waals surface area contributed by atoms with Crippen molar-refractivity contribution in [3.8, 4) is 5.75 Å². The van der Waals surface area contributed by atoms with Crippen molar-refractivity contribution in [2.75, 3.05) is 11.9 Å². The van der Waals surface area contributed by atoms with E-state index in [0.29, 0.717) is 0 Å². The lowest BCUT2D eigenvalue weighted by molar-refractivity contribution is -0.118. The smallest absolute Gasteiger partial charge is 0.262 e. The molecule has 2 aliphatic carbocycles. The van der Waals surface area contributed by atoms with Gasteiger partial charge in [0.25, 0.3) is 5.91 Å². The molecule has 3 aliphatic rings. The van der Waals surface area contributed by atoms with E-state index in [2.05, 4.69) is 59.9 Å². The average Bonchev–Trinajstić information content (AvgIpc) is 2.78. The molecule has 0 fully saturated rings. The highest BCUT2D eigenvalue weighted by Gasteiger charge is 2.20. The first-order valence-corrected chi connectivity index (χ1v) is 10.3. The molecule has 0 saturated carbocycles. The maximum absolute atomic E-state index is 11.6. The summed E-state index contributed by atoms with van der Waals surface area (Å²) >= 11 is 0. The Hall–Kier alpha value is -3.33. The zero-order valence-electron chi connectivity index (χ0n) is 16.1. The molecule has 0 bridgehead atoms. The van der Waals surface area contributed by atoms with Gasteiger partial charge in [-0.15, -0.1) is 0 Å². The lowest BCUT2D eigenvalue weighted by atomic mass is 9.84. The van der Waals surface area contributed by atoms with Crippen LogP contribution in [0, 0.1) is 10.4 Å². The first kappa shape index (κ1) is 16.6. The quantitative estimate of drug-likeness (QED) is 0.705. The maximum Gasteiger partial charge on any atom is 0.262 e. The van der Waals surface area contributed by atoms with Gasteiger partial charge >= 0.3 is 0 Å². The molecule has 142 valence electrons. The zero-order chi connectivity index (χ0) is 19.4. The standard InChI is InChI=1S/C26H21NO2/c28-26-15-29-25-13-17(10-12-24(25)27-26)22-14-23-18-6-2-1-5-16(18)9-11-21(23)19-7-3-4-8-20(19)22/h3-5,7-13H,1-2,6,14-15H2,(H,27,28). The van der Waals surface area contributed by atoms with Gasteiger partial charge in [-0.2, -0.15) is 0 Å². The molecule has 3 heteroatoms. The highest BCUT2D eigenvalue weighted by molar-refractivity contribution is 5.95. The van der Waals surface area contributed by atoms with Gasteiger partial charge in [0, 0.05) is 0 Å². The molecule has 3 aromatic carbocycles. The lowest BCUT2D eigenvalue weighted by Crippen LogP contribution is -2.25. The van der Waals surface area contributed by atoms with Crippen LogP contribution in [0.25, 0.3) is 11.6 Å². The van der Waals surface area contributed by atoms with Crippen molar-refractivity contribution in [3.63, 3.8) is 0 Å². The van der Waals surface area contributed by atoms with Crippen LogP contribution in [0.2, 0.25) is 0 Å². The fourth-order valence-corrected chi connectivity index (χ4v) is 4.96. The molecular formula is C26H21NO2. The summed E-state index contributed by atoms with van der Waals surface area (Å²) in [6.45, 7) is 0.0779. The third-order valence-corrected chi connectivity index (χ3v) is 6.32. The highest BCUT2D eigenvalue weighted by Crippen LogP contribution is 2.32. The molecule has 1 aliphatic heterocycles. The lowest BCUT2D eigenvalue weighted by Gasteiger charge is -2.22. The van der Waals surface area contributed by atoms with E-state index in [-0.39, 0.29) is 12.5 Å². The van der Waals surface area contributed by atoms with Crippen LogP contribution in [-0.2, 0) is 17.6 Å². The minimum atomic E-state index is -0.0993. The van der Waals surface area contributed by atoms with Crippen molar-refractivity contribution in [2.24, 2.45) is 0 Å². The predicted molar refractivity (Wildman–Crippen MR) is 114 cm³/mol. The molecule has 3 nitrogen and oxygen atoms in total. The van der Waals surface area contributed by atoms with Gasteiger partial charge in [-0.25, -0.2) is 0 Å². The van der Waals surface area contributed by atoms with Crippen LogP contribution in [0.1, 0.15) is 29.5 Å². The van der Waals surface area contributed by atoms with Crippen molar-refractivity contribution >= 4 is 23.2 Å². The summed E-state index contributed by atoms with van der Waals surface area (Å²) in [5, 5.41) is 8.27. The average molecular weight is 379 g/mol. The number of fused-ring (bicyclic) bond motifs is 5. The Kier molecular flexibility index (Phi) is 3.63. The van der Waals surface area contributed by atoms with Crippen LogP contribution in [0.4, 0.5) is 5.69 Å².